The second-order valence-corrected chi connectivity index (χ2v) is 5.88. The minimum Gasteiger partial charge on any atom is -0.465 e. The van der Waals surface area contributed by atoms with E-state index in [-0.39, 0.29) is 0 Å². The summed E-state index contributed by atoms with van der Waals surface area (Å²) in [5, 5.41) is 0.334. The number of nitrogens with zero attached hydrogens (tertiary/aromatic N) is 2. The molecule has 1 aromatic carbocycles. The third-order valence-corrected chi connectivity index (χ3v) is 4.21. The summed E-state index contributed by atoms with van der Waals surface area (Å²) in [6.45, 7) is 1.93. The Morgan fingerprint density at radius 1 is 1.12 bits per heavy atom. The fourth-order valence-corrected chi connectivity index (χ4v) is 2.94. The molecule has 0 bridgehead atoms. The maximum atomic E-state index is 11.7. The molecule has 0 unspecified atom stereocenters. The van der Waals surface area contributed by atoms with Crippen molar-refractivity contribution in [3.8, 4) is 22.3 Å². The number of esters is 1. The van der Waals surface area contributed by atoms with Gasteiger partial charge in [0.2, 0.25) is 0 Å². The monoisotopic (exact) mass is 353 g/mol. The Morgan fingerprint density at radius 2 is 1.88 bits per heavy atom. The van der Waals surface area contributed by atoms with Crippen molar-refractivity contribution >= 4 is 23.4 Å². The number of hydrogen-bond donors (Lipinski definition) is 1. The number of halogens is 1. The zero-order valence-corrected chi connectivity index (χ0v) is 14.5. The molecular formula is C19H16ClN3O2. The SMILES string of the molecule is COC(=O)c1ccc(-c2ccnc(C)c2-c2ccc(N)nc2)cc1Cl. The van der Waals surface area contributed by atoms with Crippen LogP contribution in [0.1, 0.15) is 16.1 Å². The van der Waals surface area contributed by atoms with Gasteiger partial charge in [0.25, 0.3) is 0 Å². The maximum Gasteiger partial charge on any atom is 0.339 e. The van der Waals surface area contributed by atoms with Crippen LogP contribution < -0.4 is 5.73 Å². The van der Waals surface area contributed by atoms with E-state index in [9.17, 15) is 4.79 Å². The summed E-state index contributed by atoms with van der Waals surface area (Å²) in [7, 11) is 1.32. The Bertz CT molecular complexity index is 940. The average molecular weight is 354 g/mol. The molecule has 2 aromatic heterocycles. The van der Waals surface area contributed by atoms with Gasteiger partial charge in [0.15, 0.2) is 0 Å². The predicted octanol–water partition coefficient (Wildman–Crippen LogP) is 4.14. The van der Waals surface area contributed by atoms with Gasteiger partial charge in [-0.05, 0) is 48.4 Å². The summed E-state index contributed by atoms with van der Waals surface area (Å²) in [4.78, 5) is 20.3. The Morgan fingerprint density at radius 3 is 2.52 bits per heavy atom. The van der Waals surface area contributed by atoms with Crippen LogP contribution >= 0.6 is 11.6 Å². The molecule has 0 saturated carbocycles. The number of nitrogens with two attached hydrogens (primary N) is 1. The van der Waals surface area contributed by atoms with Crippen LogP contribution in [-0.2, 0) is 4.74 Å². The largest absolute Gasteiger partial charge is 0.465 e. The number of ether oxygens (including phenoxy) is 1. The molecule has 2 N–H and O–H groups in total. The molecule has 3 aromatic rings. The maximum absolute atomic E-state index is 11.7. The number of hydrogen-bond acceptors (Lipinski definition) is 5. The van der Waals surface area contributed by atoms with E-state index < -0.39 is 5.97 Å². The number of methoxy groups -OCH3 is 1. The van der Waals surface area contributed by atoms with E-state index in [0.717, 1.165) is 27.9 Å². The molecule has 0 radical (unpaired) electrons. The number of anilines is 1. The zero-order chi connectivity index (χ0) is 18.0. The van der Waals surface area contributed by atoms with E-state index in [1.165, 1.54) is 7.11 Å². The molecule has 0 amide bonds. The highest BCUT2D eigenvalue weighted by Crippen LogP contribution is 2.35. The first-order valence-electron chi connectivity index (χ1n) is 7.57. The van der Waals surface area contributed by atoms with Gasteiger partial charge in [-0.1, -0.05) is 17.7 Å². The smallest absolute Gasteiger partial charge is 0.339 e. The summed E-state index contributed by atoms with van der Waals surface area (Å²) in [5.41, 5.74) is 10.5. The molecule has 0 aliphatic carbocycles. The summed E-state index contributed by atoms with van der Waals surface area (Å²) < 4.78 is 4.73. The van der Waals surface area contributed by atoms with E-state index in [1.807, 2.05) is 25.1 Å². The number of carbonyl (C=O) groups is 1. The highest BCUT2D eigenvalue weighted by atomic mass is 35.5. The van der Waals surface area contributed by atoms with Gasteiger partial charge in [-0.15, -0.1) is 0 Å². The molecule has 0 saturated heterocycles. The fourth-order valence-electron chi connectivity index (χ4n) is 2.68. The quantitative estimate of drug-likeness (QED) is 0.716. The van der Waals surface area contributed by atoms with Gasteiger partial charge in [0.05, 0.1) is 17.7 Å². The minimum absolute atomic E-state index is 0.328. The van der Waals surface area contributed by atoms with Crippen molar-refractivity contribution in [3.63, 3.8) is 0 Å². The van der Waals surface area contributed by atoms with E-state index in [1.54, 1.807) is 30.6 Å². The molecule has 0 aliphatic heterocycles. The first kappa shape index (κ1) is 16.9. The number of aryl methyl sites for hydroxylation is 1. The van der Waals surface area contributed by atoms with Crippen molar-refractivity contribution in [3.05, 3.63) is 65.1 Å². The highest BCUT2D eigenvalue weighted by molar-refractivity contribution is 6.33. The first-order chi connectivity index (χ1) is 12.0. The van der Waals surface area contributed by atoms with Gasteiger partial charge in [-0.3, -0.25) is 4.98 Å². The molecule has 0 atom stereocenters. The van der Waals surface area contributed by atoms with Gasteiger partial charge < -0.3 is 10.5 Å². The highest BCUT2D eigenvalue weighted by Gasteiger charge is 2.15. The number of rotatable bonds is 3. The summed E-state index contributed by atoms with van der Waals surface area (Å²) in [6, 6.07) is 10.8. The Balaban J connectivity index is 2.15. The standard InChI is InChI=1S/C19H16ClN3O2/c1-11-18(13-4-6-17(21)23-10-13)14(7-8-22-11)12-3-5-15(16(20)9-12)19(24)25-2/h3-10H,1-2H3,(H2,21,23). The Kier molecular flexibility index (Phi) is 4.67. The molecule has 25 heavy (non-hydrogen) atoms. The predicted molar refractivity (Wildman–Crippen MR) is 98.4 cm³/mol. The van der Waals surface area contributed by atoms with Gasteiger partial charge in [-0.2, -0.15) is 0 Å². The van der Waals surface area contributed by atoms with Crippen LogP contribution in [0.4, 0.5) is 5.82 Å². The number of benzene rings is 1. The van der Waals surface area contributed by atoms with Crippen molar-refractivity contribution in [2.75, 3.05) is 12.8 Å². The van der Waals surface area contributed by atoms with Crippen molar-refractivity contribution in [1.29, 1.82) is 0 Å². The summed E-state index contributed by atoms with van der Waals surface area (Å²) in [5.74, 6) is -0.0114. The molecule has 126 valence electrons. The van der Waals surface area contributed by atoms with E-state index >= 15 is 0 Å². The first-order valence-corrected chi connectivity index (χ1v) is 7.95. The molecule has 5 nitrogen and oxygen atoms in total. The second kappa shape index (κ2) is 6.91. The molecular weight excluding hydrogens is 338 g/mol. The Hall–Kier alpha value is -2.92. The molecule has 2 heterocycles. The van der Waals surface area contributed by atoms with Crippen LogP contribution in [0.2, 0.25) is 5.02 Å². The lowest BCUT2D eigenvalue weighted by atomic mass is 9.94. The van der Waals surface area contributed by atoms with E-state index in [2.05, 4.69) is 9.97 Å². The second-order valence-electron chi connectivity index (χ2n) is 5.48. The number of carbonyl (C=O) groups excluding carboxylic acids is 1. The molecule has 6 heteroatoms. The minimum atomic E-state index is -0.467. The molecule has 0 fully saturated rings. The lowest BCUT2D eigenvalue weighted by molar-refractivity contribution is 0.0601. The number of nitrogen functional groups attached to an aromatic ring is 1. The van der Waals surface area contributed by atoms with Gasteiger partial charge in [-0.25, -0.2) is 9.78 Å². The topological polar surface area (TPSA) is 78.1 Å². The van der Waals surface area contributed by atoms with Crippen molar-refractivity contribution in [1.82, 2.24) is 9.97 Å². The average Bonchev–Trinajstić information content (AvgIpc) is 2.62. The van der Waals surface area contributed by atoms with Crippen LogP contribution in [0, 0.1) is 6.92 Å². The van der Waals surface area contributed by atoms with Gasteiger partial charge in [0.1, 0.15) is 5.82 Å². The molecule has 0 aliphatic rings. The van der Waals surface area contributed by atoms with Crippen molar-refractivity contribution in [2.45, 2.75) is 6.92 Å². The lowest BCUT2D eigenvalue weighted by Crippen LogP contribution is -2.02. The fraction of sp³-hybridized carbons (Fsp3) is 0.105. The van der Waals surface area contributed by atoms with Crippen LogP contribution in [0.25, 0.3) is 22.3 Å². The number of aromatic nitrogens is 2. The van der Waals surface area contributed by atoms with Gasteiger partial charge in [0, 0.05) is 29.2 Å². The zero-order valence-electron chi connectivity index (χ0n) is 13.8. The van der Waals surface area contributed by atoms with Crippen LogP contribution in [0.3, 0.4) is 0 Å². The summed E-state index contributed by atoms with van der Waals surface area (Å²) in [6.07, 6.45) is 3.45. The van der Waals surface area contributed by atoms with E-state index in [0.29, 0.717) is 16.4 Å². The van der Waals surface area contributed by atoms with Crippen molar-refractivity contribution in [2.24, 2.45) is 0 Å². The van der Waals surface area contributed by atoms with Crippen LogP contribution in [0.15, 0.2) is 48.8 Å². The molecule has 0 spiro atoms. The van der Waals surface area contributed by atoms with Crippen molar-refractivity contribution < 1.29 is 9.53 Å². The third-order valence-electron chi connectivity index (χ3n) is 3.90. The van der Waals surface area contributed by atoms with E-state index in [4.69, 9.17) is 22.1 Å². The molecule has 3 rings (SSSR count). The van der Waals surface area contributed by atoms with Crippen LogP contribution in [-0.4, -0.2) is 23.0 Å². The lowest BCUT2D eigenvalue weighted by Gasteiger charge is -2.13. The normalized spacial score (nSPS) is 10.5. The third kappa shape index (κ3) is 3.32. The van der Waals surface area contributed by atoms with Gasteiger partial charge >= 0.3 is 5.97 Å². The Labute approximate surface area is 150 Å². The summed E-state index contributed by atoms with van der Waals surface area (Å²) >= 11 is 6.27. The number of pyridine rings is 2. The van der Waals surface area contributed by atoms with Crippen LogP contribution in [0.5, 0.6) is 0 Å².